The van der Waals surface area contributed by atoms with E-state index in [2.05, 4.69) is 0 Å². The predicted octanol–water partition coefficient (Wildman–Crippen LogP) is 1.90. The first-order valence-electron chi connectivity index (χ1n) is 6.53. The summed E-state index contributed by atoms with van der Waals surface area (Å²) in [5, 5.41) is 0. The number of thioether (sulfide) groups is 1. The summed E-state index contributed by atoms with van der Waals surface area (Å²) >= 11 is 1.51. The van der Waals surface area contributed by atoms with E-state index in [0.29, 0.717) is 18.0 Å². The summed E-state index contributed by atoms with van der Waals surface area (Å²) in [5.74, 6) is 0.924. The molecule has 0 saturated carbocycles. The van der Waals surface area contributed by atoms with Crippen molar-refractivity contribution in [3.05, 3.63) is 28.7 Å². The van der Waals surface area contributed by atoms with Crippen molar-refractivity contribution in [3.63, 3.8) is 0 Å². The molecule has 0 saturated heterocycles. The first-order valence-corrected chi connectivity index (χ1v) is 7.69. The van der Waals surface area contributed by atoms with Gasteiger partial charge in [0.05, 0.1) is 5.75 Å². The van der Waals surface area contributed by atoms with Crippen LogP contribution in [0, 0.1) is 0 Å². The maximum absolute atomic E-state index is 11.5. The molecule has 0 aliphatic carbocycles. The second-order valence-corrected chi connectivity index (χ2v) is 6.59. The van der Waals surface area contributed by atoms with Crippen LogP contribution in [0.1, 0.15) is 27.2 Å². The molecule has 1 heterocycles. The SMILES string of the molecule is CC(C)(C)OC(=O)CSCCCn1cc(N)ccc1=O. The number of aryl methyl sites for hydroxylation is 1. The van der Waals surface area contributed by atoms with Crippen LogP contribution in [0.3, 0.4) is 0 Å². The fourth-order valence-corrected chi connectivity index (χ4v) is 2.29. The zero-order chi connectivity index (χ0) is 15.2. The van der Waals surface area contributed by atoms with Gasteiger partial charge in [0.2, 0.25) is 0 Å². The summed E-state index contributed by atoms with van der Waals surface area (Å²) in [5.41, 5.74) is 5.71. The van der Waals surface area contributed by atoms with Crippen molar-refractivity contribution in [2.45, 2.75) is 39.3 Å². The largest absolute Gasteiger partial charge is 0.459 e. The number of pyridine rings is 1. The number of esters is 1. The number of ether oxygens (including phenoxy) is 1. The molecule has 0 unspecified atom stereocenters. The highest BCUT2D eigenvalue weighted by Crippen LogP contribution is 2.11. The Morgan fingerprint density at radius 2 is 2.10 bits per heavy atom. The van der Waals surface area contributed by atoms with Crippen LogP contribution in [0.25, 0.3) is 0 Å². The molecule has 1 aromatic rings. The molecule has 6 heteroatoms. The first-order chi connectivity index (χ1) is 9.28. The molecule has 0 atom stereocenters. The Bertz CT molecular complexity index is 506. The Hall–Kier alpha value is -1.43. The van der Waals surface area contributed by atoms with Gasteiger partial charge in [-0.15, -0.1) is 0 Å². The van der Waals surface area contributed by atoms with E-state index >= 15 is 0 Å². The smallest absolute Gasteiger partial charge is 0.316 e. The zero-order valence-electron chi connectivity index (χ0n) is 12.2. The molecule has 112 valence electrons. The molecule has 1 aromatic heterocycles. The third-order valence-corrected chi connectivity index (χ3v) is 3.35. The van der Waals surface area contributed by atoms with E-state index in [1.54, 1.807) is 16.8 Å². The fourth-order valence-electron chi connectivity index (χ4n) is 1.59. The quantitative estimate of drug-likeness (QED) is 0.641. The van der Waals surface area contributed by atoms with E-state index in [0.717, 1.165) is 12.2 Å². The van der Waals surface area contributed by atoms with Gasteiger partial charge in [0.25, 0.3) is 5.56 Å². The van der Waals surface area contributed by atoms with Crippen molar-refractivity contribution >= 4 is 23.4 Å². The molecular formula is C14H22N2O3S. The van der Waals surface area contributed by atoms with Crippen LogP contribution in [0.5, 0.6) is 0 Å². The van der Waals surface area contributed by atoms with Crippen LogP contribution in [0.4, 0.5) is 5.69 Å². The second-order valence-electron chi connectivity index (χ2n) is 5.49. The van der Waals surface area contributed by atoms with Crippen LogP contribution < -0.4 is 11.3 Å². The minimum Gasteiger partial charge on any atom is -0.459 e. The molecule has 1 rings (SSSR count). The van der Waals surface area contributed by atoms with Gasteiger partial charge < -0.3 is 15.0 Å². The van der Waals surface area contributed by atoms with E-state index in [9.17, 15) is 9.59 Å². The lowest BCUT2D eigenvalue weighted by molar-refractivity contribution is -0.151. The van der Waals surface area contributed by atoms with Gasteiger partial charge in [-0.2, -0.15) is 11.8 Å². The molecule has 0 aliphatic rings. The molecule has 20 heavy (non-hydrogen) atoms. The molecule has 0 aliphatic heterocycles. The predicted molar refractivity (Wildman–Crippen MR) is 82.9 cm³/mol. The van der Waals surface area contributed by atoms with Crippen LogP contribution in [0.2, 0.25) is 0 Å². The first kappa shape index (κ1) is 16.6. The standard InChI is InChI=1S/C14H22N2O3S/c1-14(2,3)19-13(18)10-20-8-4-7-16-9-11(15)5-6-12(16)17/h5-6,9H,4,7-8,10,15H2,1-3H3. The van der Waals surface area contributed by atoms with Crippen molar-refractivity contribution in [1.29, 1.82) is 0 Å². The lowest BCUT2D eigenvalue weighted by Crippen LogP contribution is -2.25. The number of aromatic nitrogens is 1. The summed E-state index contributed by atoms with van der Waals surface area (Å²) in [6.45, 7) is 6.15. The highest BCUT2D eigenvalue weighted by atomic mass is 32.2. The van der Waals surface area contributed by atoms with Gasteiger partial charge in [-0.25, -0.2) is 0 Å². The monoisotopic (exact) mass is 298 g/mol. The molecule has 0 bridgehead atoms. The van der Waals surface area contributed by atoms with E-state index in [-0.39, 0.29) is 11.5 Å². The molecule has 2 N–H and O–H groups in total. The maximum atomic E-state index is 11.5. The van der Waals surface area contributed by atoms with Crippen LogP contribution in [-0.2, 0) is 16.1 Å². The average molecular weight is 298 g/mol. The number of hydrogen-bond donors (Lipinski definition) is 1. The second kappa shape index (κ2) is 7.38. The number of carbonyl (C=O) groups excluding carboxylic acids is 1. The van der Waals surface area contributed by atoms with Crippen molar-refractivity contribution in [2.24, 2.45) is 0 Å². The zero-order valence-corrected chi connectivity index (χ0v) is 13.0. The third kappa shape index (κ3) is 6.65. The third-order valence-electron chi connectivity index (χ3n) is 2.33. The lowest BCUT2D eigenvalue weighted by Gasteiger charge is -2.19. The molecule has 0 fully saturated rings. The number of anilines is 1. The summed E-state index contributed by atoms with van der Waals surface area (Å²) in [6.07, 6.45) is 2.44. The minimum atomic E-state index is -0.438. The van der Waals surface area contributed by atoms with E-state index < -0.39 is 5.60 Å². The Kier molecular flexibility index (Phi) is 6.13. The Labute approximate surface area is 123 Å². The van der Waals surface area contributed by atoms with Crippen molar-refractivity contribution < 1.29 is 9.53 Å². The number of nitrogens with zero attached hydrogens (tertiary/aromatic N) is 1. The number of hydrogen-bond acceptors (Lipinski definition) is 5. The number of rotatable bonds is 6. The highest BCUT2D eigenvalue weighted by molar-refractivity contribution is 7.99. The van der Waals surface area contributed by atoms with E-state index in [1.807, 2.05) is 20.8 Å². The molecule has 0 spiro atoms. The van der Waals surface area contributed by atoms with Crippen molar-refractivity contribution in [2.75, 3.05) is 17.2 Å². The molecule has 0 amide bonds. The highest BCUT2D eigenvalue weighted by Gasteiger charge is 2.15. The van der Waals surface area contributed by atoms with Gasteiger partial charge in [-0.3, -0.25) is 9.59 Å². The Morgan fingerprint density at radius 1 is 1.40 bits per heavy atom. The lowest BCUT2D eigenvalue weighted by atomic mass is 10.2. The molecule has 5 nitrogen and oxygen atoms in total. The number of nitrogen functional groups attached to an aromatic ring is 1. The van der Waals surface area contributed by atoms with Crippen LogP contribution >= 0.6 is 11.8 Å². The number of nitrogens with two attached hydrogens (primary N) is 1. The average Bonchev–Trinajstić information content (AvgIpc) is 2.30. The van der Waals surface area contributed by atoms with Gasteiger partial charge in [-0.05, 0) is 39.0 Å². The fraction of sp³-hybridized carbons (Fsp3) is 0.571. The van der Waals surface area contributed by atoms with Gasteiger partial charge in [0.15, 0.2) is 0 Å². The van der Waals surface area contributed by atoms with E-state index in [1.165, 1.54) is 17.8 Å². The van der Waals surface area contributed by atoms with Gasteiger partial charge >= 0.3 is 5.97 Å². The summed E-state index contributed by atoms with van der Waals surface area (Å²) in [4.78, 5) is 23.0. The topological polar surface area (TPSA) is 74.3 Å². The van der Waals surface area contributed by atoms with Crippen LogP contribution in [0.15, 0.2) is 23.1 Å². The van der Waals surface area contributed by atoms with Gasteiger partial charge in [0.1, 0.15) is 5.60 Å². The van der Waals surface area contributed by atoms with Crippen molar-refractivity contribution in [3.8, 4) is 0 Å². The van der Waals surface area contributed by atoms with Gasteiger partial charge in [0, 0.05) is 24.5 Å². The van der Waals surface area contributed by atoms with Crippen LogP contribution in [-0.4, -0.2) is 27.6 Å². The minimum absolute atomic E-state index is 0.0589. The molecule has 0 radical (unpaired) electrons. The summed E-state index contributed by atoms with van der Waals surface area (Å²) < 4.78 is 6.79. The molecule has 0 aromatic carbocycles. The summed E-state index contributed by atoms with van der Waals surface area (Å²) in [7, 11) is 0. The summed E-state index contributed by atoms with van der Waals surface area (Å²) in [6, 6.07) is 3.05. The van der Waals surface area contributed by atoms with Crippen molar-refractivity contribution in [1.82, 2.24) is 4.57 Å². The Morgan fingerprint density at radius 3 is 2.75 bits per heavy atom. The molecular weight excluding hydrogens is 276 g/mol. The number of carbonyl (C=O) groups is 1. The normalized spacial score (nSPS) is 11.3. The maximum Gasteiger partial charge on any atom is 0.316 e. The van der Waals surface area contributed by atoms with E-state index in [4.69, 9.17) is 10.5 Å². The Balaban J connectivity index is 2.24. The van der Waals surface area contributed by atoms with Gasteiger partial charge in [-0.1, -0.05) is 0 Å².